The number of carbonyl (C=O) groups excluding carboxylic acids is 1. The largest absolute Gasteiger partial charge is 0.467 e. The highest BCUT2D eigenvalue weighted by molar-refractivity contribution is 5.99. The summed E-state index contributed by atoms with van der Waals surface area (Å²) in [7, 11) is 0. The topological polar surface area (TPSA) is 76.0 Å². The van der Waals surface area contributed by atoms with Crippen LogP contribution >= 0.6 is 0 Å². The molecule has 0 saturated heterocycles. The van der Waals surface area contributed by atoms with Crippen LogP contribution in [-0.2, 0) is 0 Å². The molecule has 0 spiro atoms. The van der Waals surface area contributed by atoms with Crippen LogP contribution < -0.4 is 9.47 Å². The maximum absolute atomic E-state index is 11.3. The van der Waals surface area contributed by atoms with E-state index >= 15 is 0 Å². The zero-order valence-corrected chi connectivity index (χ0v) is 8.27. The Morgan fingerprint density at radius 1 is 1.20 bits per heavy atom. The Balaban J connectivity index is 3.15. The highest BCUT2D eigenvalue weighted by Crippen LogP contribution is 2.28. The van der Waals surface area contributed by atoms with Crippen LogP contribution in [0.4, 0.5) is 0 Å². The van der Waals surface area contributed by atoms with Crippen LogP contribution in [0.1, 0.15) is 17.3 Å². The number of rotatable bonds is 5. The molecule has 82 valence electrons. The Morgan fingerprint density at radius 3 is 2.00 bits per heavy atom. The molecule has 0 amide bonds. The third-order valence-electron chi connectivity index (χ3n) is 1.78. The Bertz CT molecular complexity index is 323. The standard InChI is InChI=1S/C10H12O5/c1-7(13)10-8(14-5-11)3-2-4-9(10)15-6-12/h2-4,11-12H,5-6H2,1H3. The highest BCUT2D eigenvalue weighted by Gasteiger charge is 2.14. The first-order valence-corrected chi connectivity index (χ1v) is 4.32. The minimum Gasteiger partial charge on any atom is -0.467 e. The minimum absolute atomic E-state index is 0.209. The molecule has 1 rings (SSSR count). The average Bonchev–Trinajstić information content (AvgIpc) is 2.18. The van der Waals surface area contributed by atoms with Crippen molar-refractivity contribution in [2.45, 2.75) is 6.92 Å². The molecule has 0 heterocycles. The van der Waals surface area contributed by atoms with Crippen molar-refractivity contribution >= 4 is 5.78 Å². The monoisotopic (exact) mass is 212 g/mol. The van der Waals surface area contributed by atoms with Crippen LogP contribution in [0, 0.1) is 0 Å². The van der Waals surface area contributed by atoms with Gasteiger partial charge in [0.15, 0.2) is 19.4 Å². The van der Waals surface area contributed by atoms with Gasteiger partial charge in [0, 0.05) is 0 Å². The van der Waals surface area contributed by atoms with E-state index in [4.69, 9.17) is 19.7 Å². The van der Waals surface area contributed by atoms with Gasteiger partial charge in [-0.15, -0.1) is 0 Å². The van der Waals surface area contributed by atoms with Gasteiger partial charge in [-0.05, 0) is 19.1 Å². The third kappa shape index (κ3) is 2.68. The fraction of sp³-hybridized carbons (Fsp3) is 0.300. The number of aliphatic hydroxyl groups excluding tert-OH is 2. The Morgan fingerprint density at radius 2 is 1.67 bits per heavy atom. The Kier molecular flexibility index (Phi) is 4.08. The van der Waals surface area contributed by atoms with Crippen molar-refractivity contribution in [1.29, 1.82) is 0 Å². The van der Waals surface area contributed by atoms with E-state index in [1.54, 1.807) is 6.07 Å². The van der Waals surface area contributed by atoms with Crippen LogP contribution in [-0.4, -0.2) is 29.6 Å². The number of benzene rings is 1. The maximum Gasteiger partial charge on any atom is 0.186 e. The van der Waals surface area contributed by atoms with E-state index in [0.717, 1.165) is 0 Å². The molecule has 5 heteroatoms. The lowest BCUT2D eigenvalue weighted by Crippen LogP contribution is -2.06. The molecule has 2 N–H and O–H groups in total. The van der Waals surface area contributed by atoms with Gasteiger partial charge in [0.2, 0.25) is 0 Å². The van der Waals surface area contributed by atoms with Crippen molar-refractivity contribution in [3.8, 4) is 11.5 Å². The van der Waals surface area contributed by atoms with Crippen LogP contribution in [0.2, 0.25) is 0 Å². The van der Waals surface area contributed by atoms with Crippen molar-refractivity contribution in [3.05, 3.63) is 23.8 Å². The summed E-state index contributed by atoms with van der Waals surface area (Å²) in [6, 6.07) is 4.68. The molecule has 0 aromatic heterocycles. The number of Topliss-reactive ketones (excluding diaryl/α,β-unsaturated/α-hetero) is 1. The zero-order valence-electron chi connectivity index (χ0n) is 8.27. The molecule has 0 aliphatic rings. The lowest BCUT2D eigenvalue weighted by molar-refractivity contribution is 0.0858. The van der Waals surface area contributed by atoms with E-state index in [1.165, 1.54) is 19.1 Å². The maximum atomic E-state index is 11.3. The van der Waals surface area contributed by atoms with Gasteiger partial charge >= 0.3 is 0 Å². The molecule has 15 heavy (non-hydrogen) atoms. The molecule has 0 saturated carbocycles. The normalized spacial score (nSPS) is 9.80. The molecule has 0 bridgehead atoms. The van der Waals surface area contributed by atoms with Crippen molar-refractivity contribution in [2.24, 2.45) is 0 Å². The van der Waals surface area contributed by atoms with Crippen molar-refractivity contribution < 1.29 is 24.5 Å². The molecule has 0 radical (unpaired) electrons. The molecular weight excluding hydrogens is 200 g/mol. The van der Waals surface area contributed by atoms with E-state index in [9.17, 15) is 4.79 Å². The van der Waals surface area contributed by atoms with E-state index in [2.05, 4.69) is 0 Å². The van der Waals surface area contributed by atoms with Crippen LogP contribution in [0.15, 0.2) is 18.2 Å². The molecule has 1 aromatic carbocycles. The number of ether oxygens (including phenoxy) is 2. The van der Waals surface area contributed by atoms with E-state index < -0.39 is 13.6 Å². The first-order chi connectivity index (χ1) is 7.20. The summed E-state index contributed by atoms with van der Waals surface area (Å²) in [5.74, 6) is 0.203. The number of aliphatic hydroxyl groups is 2. The van der Waals surface area contributed by atoms with Gasteiger partial charge in [0.25, 0.3) is 0 Å². The van der Waals surface area contributed by atoms with Gasteiger partial charge in [-0.25, -0.2) is 0 Å². The highest BCUT2D eigenvalue weighted by atomic mass is 16.6. The quantitative estimate of drug-likeness (QED) is 0.550. The lowest BCUT2D eigenvalue weighted by Gasteiger charge is -2.11. The van der Waals surface area contributed by atoms with Crippen LogP contribution in [0.3, 0.4) is 0 Å². The Labute approximate surface area is 86.9 Å². The van der Waals surface area contributed by atoms with Gasteiger partial charge in [-0.1, -0.05) is 6.07 Å². The first-order valence-electron chi connectivity index (χ1n) is 4.32. The van der Waals surface area contributed by atoms with Crippen molar-refractivity contribution in [2.75, 3.05) is 13.6 Å². The second kappa shape index (κ2) is 5.33. The summed E-state index contributed by atoms with van der Waals surface area (Å²) in [5.41, 5.74) is 0.209. The summed E-state index contributed by atoms with van der Waals surface area (Å²) in [5, 5.41) is 17.2. The number of hydrogen-bond acceptors (Lipinski definition) is 5. The summed E-state index contributed by atoms with van der Waals surface area (Å²) >= 11 is 0. The molecule has 0 aliphatic carbocycles. The molecule has 0 unspecified atom stereocenters. The molecule has 0 aliphatic heterocycles. The minimum atomic E-state index is -0.525. The van der Waals surface area contributed by atoms with Gasteiger partial charge in [-0.3, -0.25) is 4.79 Å². The molecule has 0 atom stereocenters. The third-order valence-corrected chi connectivity index (χ3v) is 1.78. The van der Waals surface area contributed by atoms with Gasteiger partial charge in [-0.2, -0.15) is 0 Å². The summed E-state index contributed by atoms with van der Waals surface area (Å²) < 4.78 is 9.72. The lowest BCUT2D eigenvalue weighted by atomic mass is 10.1. The number of hydrogen-bond donors (Lipinski definition) is 2. The smallest absolute Gasteiger partial charge is 0.186 e. The fourth-order valence-corrected chi connectivity index (χ4v) is 1.24. The van der Waals surface area contributed by atoms with Crippen LogP contribution in [0.5, 0.6) is 11.5 Å². The second-order valence-electron chi connectivity index (χ2n) is 2.73. The first kappa shape index (κ1) is 11.5. The number of ketones is 1. The molecule has 1 aromatic rings. The van der Waals surface area contributed by atoms with Crippen molar-refractivity contribution in [1.82, 2.24) is 0 Å². The van der Waals surface area contributed by atoms with E-state index in [1.807, 2.05) is 0 Å². The van der Waals surface area contributed by atoms with Gasteiger partial charge in [0.1, 0.15) is 17.1 Å². The predicted molar refractivity (Wildman–Crippen MR) is 51.9 cm³/mol. The van der Waals surface area contributed by atoms with Crippen molar-refractivity contribution in [3.63, 3.8) is 0 Å². The van der Waals surface area contributed by atoms with Crippen LogP contribution in [0.25, 0.3) is 0 Å². The molecular formula is C10H12O5. The summed E-state index contributed by atoms with van der Waals surface area (Å²) in [6.45, 7) is 0.301. The molecule has 5 nitrogen and oxygen atoms in total. The summed E-state index contributed by atoms with van der Waals surface area (Å²) in [6.07, 6.45) is 0. The zero-order chi connectivity index (χ0) is 11.3. The fourth-order valence-electron chi connectivity index (χ4n) is 1.24. The van der Waals surface area contributed by atoms with E-state index in [0.29, 0.717) is 0 Å². The van der Waals surface area contributed by atoms with Gasteiger partial charge in [0.05, 0.1) is 0 Å². The van der Waals surface area contributed by atoms with E-state index in [-0.39, 0.29) is 22.8 Å². The second-order valence-corrected chi connectivity index (χ2v) is 2.73. The Hall–Kier alpha value is -1.59. The number of carbonyl (C=O) groups is 1. The molecule has 0 fully saturated rings. The van der Waals surface area contributed by atoms with Gasteiger partial charge < -0.3 is 19.7 Å². The summed E-state index contributed by atoms with van der Waals surface area (Å²) in [4.78, 5) is 11.3. The SMILES string of the molecule is CC(=O)c1c(OCO)cccc1OCO. The predicted octanol–water partition coefficient (Wildman–Crippen LogP) is 0.546. The average molecular weight is 212 g/mol.